The van der Waals surface area contributed by atoms with Crippen molar-refractivity contribution in [2.24, 2.45) is 5.41 Å². The van der Waals surface area contributed by atoms with Gasteiger partial charge in [-0.05, 0) is 33.1 Å². The highest BCUT2D eigenvalue weighted by molar-refractivity contribution is 5.76. The Morgan fingerprint density at radius 3 is 2.90 bits per heavy atom. The predicted molar refractivity (Wildman–Crippen MR) is 75.3 cm³/mol. The third-order valence-electron chi connectivity index (χ3n) is 4.56. The van der Waals surface area contributed by atoms with E-state index in [1.807, 2.05) is 20.8 Å². The Morgan fingerprint density at radius 2 is 2.30 bits per heavy atom. The first-order valence-corrected chi connectivity index (χ1v) is 7.28. The van der Waals surface area contributed by atoms with Crippen molar-refractivity contribution in [1.29, 1.82) is 0 Å². The Balaban J connectivity index is 1.87. The number of hydrogen-bond donors (Lipinski definition) is 2. The first-order valence-electron chi connectivity index (χ1n) is 7.28. The Bertz CT molecular complexity index is 464. The van der Waals surface area contributed by atoms with Gasteiger partial charge in [-0.15, -0.1) is 0 Å². The normalized spacial score (nSPS) is 25.9. The van der Waals surface area contributed by atoms with E-state index in [1.165, 1.54) is 0 Å². The van der Waals surface area contributed by atoms with Gasteiger partial charge in [0.1, 0.15) is 5.76 Å². The minimum Gasteiger partial charge on any atom is -0.396 e. The quantitative estimate of drug-likeness (QED) is 0.863. The summed E-state index contributed by atoms with van der Waals surface area (Å²) in [5, 5.41) is 16.5. The number of hydrogen-bond acceptors (Lipinski definition) is 4. The molecule has 1 heterocycles. The average Bonchev–Trinajstić information content (AvgIpc) is 2.93. The highest BCUT2D eigenvalue weighted by atomic mass is 16.5. The molecule has 1 aromatic rings. The van der Waals surface area contributed by atoms with Gasteiger partial charge in [0, 0.05) is 23.4 Å². The summed E-state index contributed by atoms with van der Waals surface area (Å²) in [5.41, 5.74) is 1.71. The third kappa shape index (κ3) is 3.03. The Morgan fingerprint density at radius 1 is 1.55 bits per heavy atom. The monoisotopic (exact) mass is 280 g/mol. The van der Waals surface area contributed by atoms with E-state index in [-0.39, 0.29) is 24.0 Å². The van der Waals surface area contributed by atoms with Crippen molar-refractivity contribution >= 4 is 5.91 Å². The number of amides is 1. The first-order chi connectivity index (χ1) is 9.46. The summed E-state index contributed by atoms with van der Waals surface area (Å²) < 4.78 is 5.10. The number of carbonyl (C=O) groups is 1. The molecule has 0 saturated heterocycles. The fourth-order valence-electron chi connectivity index (χ4n) is 3.03. The second-order valence-electron chi connectivity index (χ2n) is 6.13. The van der Waals surface area contributed by atoms with Crippen LogP contribution in [-0.2, 0) is 11.2 Å². The summed E-state index contributed by atoms with van der Waals surface area (Å²) in [6, 6.07) is 0.0877. The van der Waals surface area contributed by atoms with Crippen molar-refractivity contribution < 1.29 is 14.4 Å². The van der Waals surface area contributed by atoms with Crippen LogP contribution in [0.2, 0.25) is 0 Å². The minimum atomic E-state index is -0.168. The lowest BCUT2D eigenvalue weighted by Gasteiger charge is -2.30. The SMILES string of the molecule is Cc1noc(C)c1CCC(=O)NC1CCCC1(C)CO. The van der Waals surface area contributed by atoms with Crippen LogP contribution in [0.25, 0.3) is 0 Å². The molecule has 2 N–H and O–H groups in total. The summed E-state index contributed by atoms with van der Waals surface area (Å²) in [4.78, 5) is 12.1. The van der Waals surface area contributed by atoms with Gasteiger partial charge in [0.25, 0.3) is 0 Å². The zero-order valence-electron chi connectivity index (χ0n) is 12.5. The van der Waals surface area contributed by atoms with Crippen LogP contribution in [0.3, 0.4) is 0 Å². The molecule has 1 amide bonds. The van der Waals surface area contributed by atoms with Crippen molar-refractivity contribution in [3.63, 3.8) is 0 Å². The van der Waals surface area contributed by atoms with Crippen molar-refractivity contribution in [3.8, 4) is 0 Å². The van der Waals surface area contributed by atoms with Crippen LogP contribution < -0.4 is 5.32 Å². The van der Waals surface area contributed by atoms with Crippen LogP contribution in [0.4, 0.5) is 0 Å². The number of aliphatic hydroxyl groups is 1. The Kier molecular flexibility index (Phi) is 4.48. The molecule has 5 nitrogen and oxygen atoms in total. The van der Waals surface area contributed by atoms with E-state index in [4.69, 9.17) is 4.52 Å². The molecule has 2 atom stereocenters. The number of nitrogens with zero attached hydrogens (tertiary/aromatic N) is 1. The largest absolute Gasteiger partial charge is 0.396 e. The van der Waals surface area contributed by atoms with Gasteiger partial charge in [-0.2, -0.15) is 0 Å². The molecule has 112 valence electrons. The Hall–Kier alpha value is -1.36. The van der Waals surface area contributed by atoms with Crippen LogP contribution in [0.1, 0.15) is 49.6 Å². The lowest BCUT2D eigenvalue weighted by atomic mass is 9.85. The van der Waals surface area contributed by atoms with Gasteiger partial charge in [-0.25, -0.2) is 0 Å². The zero-order valence-corrected chi connectivity index (χ0v) is 12.5. The molecule has 1 saturated carbocycles. The maximum atomic E-state index is 12.1. The average molecular weight is 280 g/mol. The molecule has 0 bridgehead atoms. The Labute approximate surface area is 119 Å². The molecular weight excluding hydrogens is 256 g/mol. The topological polar surface area (TPSA) is 75.4 Å². The van der Waals surface area contributed by atoms with Crippen LogP contribution in [0, 0.1) is 19.3 Å². The highest BCUT2D eigenvalue weighted by Crippen LogP contribution is 2.37. The number of rotatable bonds is 5. The standard InChI is InChI=1S/C15H24N2O3/c1-10-12(11(2)20-17-10)6-7-14(19)16-13-5-4-8-15(13,3)9-18/h13,18H,4-9H2,1-3H3,(H,16,19). The fraction of sp³-hybridized carbons (Fsp3) is 0.733. The molecule has 1 fully saturated rings. The maximum absolute atomic E-state index is 12.1. The molecule has 20 heavy (non-hydrogen) atoms. The lowest BCUT2D eigenvalue weighted by molar-refractivity contribution is -0.122. The molecule has 0 aliphatic heterocycles. The van der Waals surface area contributed by atoms with E-state index in [1.54, 1.807) is 0 Å². The van der Waals surface area contributed by atoms with Gasteiger partial charge >= 0.3 is 0 Å². The second kappa shape index (κ2) is 5.95. The molecule has 1 aromatic heterocycles. The van der Waals surface area contributed by atoms with Gasteiger partial charge in [-0.3, -0.25) is 4.79 Å². The summed E-state index contributed by atoms with van der Waals surface area (Å²) in [5.74, 6) is 0.827. The molecule has 1 aliphatic rings. The second-order valence-corrected chi connectivity index (χ2v) is 6.13. The van der Waals surface area contributed by atoms with Crippen LogP contribution in [0.15, 0.2) is 4.52 Å². The van der Waals surface area contributed by atoms with E-state index < -0.39 is 0 Å². The predicted octanol–water partition coefficient (Wildman–Crippen LogP) is 1.89. The van der Waals surface area contributed by atoms with Crippen molar-refractivity contribution in [2.45, 2.75) is 58.9 Å². The minimum absolute atomic E-state index is 0.0385. The third-order valence-corrected chi connectivity index (χ3v) is 4.56. The van der Waals surface area contributed by atoms with E-state index in [2.05, 4.69) is 10.5 Å². The van der Waals surface area contributed by atoms with Crippen molar-refractivity contribution in [3.05, 3.63) is 17.0 Å². The van der Waals surface area contributed by atoms with Gasteiger partial charge in [0.15, 0.2) is 0 Å². The zero-order chi connectivity index (χ0) is 14.8. The molecular formula is C15H24N2O3. The van der Waals surface area contributed by atoms with Crippen molar-refractivity contribution in [2.75, 3.05) is 6.61 Å². The maximum Gasteiger partial charge on any atom is 0.220 e. The number of nitrogens with one attached hydrogen (secondary N) is 1. The van der Waals surface area contributed by atoms with Gasteiger partial charge in [0.2, 0.25) is 5.91 Å². The van der Waals surface area contributed by atoms with Crippen molar-refractivity contribution in [1.82, 2.24) is 10.5 Å². The fourth-order valence-corrected chi connectivity index (χ4v) is 3.03. The summed E-state index contributed by atoms with van der Waals surface area (Å²) >= 11 is 0. The van der Waals surface area contributed by atoms with Crippen LogP contribution in [-0.4, -0.2) is 28.8 Å². The van der Waals surface area contributed by atoms with E-state index in [0.29, 0.717) is 12.8 Å². The molecule has 2 unspecified atom stereocenters. The van der Waals surface area contributed by atoms with E-state index in [0.717, 1.165) is 36.3 Å². The number of carbonyl (C=O) groups excluding carboxylic acids is 1. The van der Waals surface area contributed by atoms with Crippen LogP contribution >= 0.6 is 0 Å². The molecule has 2 rings (SSSR count). The molecule has 0 aromatic carbocycles. The van der Waals surface area contributed by atoms with Gasteiger partial charge in [0.05, 0.1) is 12.3 Å². The van der Waals surface area contributed by atoms with Gasteiger partial charge in [-0.1, -0.05) is 18.5 Å². The van der Waals surface area contributed by atoms with Crippen LogP contribution in [0.5, 0.6) is 0 Å². The number of aliphatic hydroxyl groups excluding tert-OH is 1. The molecule has 0 spiro atoms. The molecule has 1 aliphatic carbocycles. The summed E-state index contributed by atoms with van der Waals surface area (Å²) in [6.45, 7) is 5.93. The molecule has 0 radical (unpaired) electrons. The smallest absolute Gasteiger partial charge is 0.220 e. The summed E-state index contributed by atoms with van der Waals surface area (Å²) in [6.07, 6.45) is 4.06. The number of aromatic nitrogens is 1. The van der Waals surface area contributed by atoms with Gasteiger partial charge < -0.3 is 14.9 Å². The van der Waals surface area contributed by atoms with E-state index >= 15 is 0 Å². The van der Waals surface area contributed by atoms with E-state index in [9.17, 15) is 9.90 Å². The number of aryl methyl sites for hydroxylation is 2. The summed E-state index contributed by atoms with van der Waals surface area (Å²) in [7, 11) is 0. The molecule has 5 heteroatoms. The first kappa shape index (κ1) is 15.0. The lowest BCUT2D eigenvalue weighted by Crippen LogP contribution is -2.44. The highest BCUT2D eigenvalue weighted by Gasteiger charge is 2.38.